The molecule has 3 rings (SSSR count). The van der Waals surface area contributed by atoms with E-state index in [1.165, 1.54) is 0 Å². The first-order valence-electron chi connectivity index (χ1n) is 7.13. The lowest BCUT2D eigenvalue weighted by molar-refractivity contribution is 0.122. The van der Waals surface area contributed by atoms with Gasteiger partial charge in [-0.1, -0.05) is 18.2 Å². The van der Waals surface area contributed by atoms with E-state index in [-0.39, 0.29) is 6.04 Å². The van der Waals surface area contributed by atoms with Gasteiger partial charge in [-0.05, 0) is 12.1 Å². The second-order valence-corrected chi connectivity index (χ2v) is 4.92. The molecule has 2 aromatic rings. The first-order chi connectivity index (χ1) is 10.4. The Morgan fingerprint density at radius 2 is 2.05 bits per heavy atom. The maximum absolute atomic E-state index is 5.86. The zero-order valence-electron chi connectivity index (χ0n) is 11.8. The average molecular weight is 288 g/mol. The molecule has 0 radical (unpaired) electrons. The van der Waals surface area contributed by atoms with Crippen molar-refractivity contribution in [1.29, 1.82) is 0 Å². The lowest BCUT2D eigenvalue weighted by Crippen LogP contribution is -2.37. The number of morpholine rings is 1. The molecule has 2 heterocycles. The Hall–Kier alpha value is -2.12. The number of aromatic amines is 1. The minimum absolute atomic E-state index is 0.0882. The van der Waals surface area contributed by atoms with Crippen molar-refractivity contribution in [3.63, 3.8) is 0 Å². The standard InChI is InChI=1S/C14H20N6O/c15-10-12(16-11-4-2-1-3-5-11)13-17-14(19-18-13)20-6-8-21-9-7-20/h1-5,12,16H,6-10,15H2,(H,17,18,19). The van der Waals surface area contributed by atoms with Crippen LogP contribution in [0.25, 0.3) is 0 Å². The first kappa shape index (κ1) is 13.8. The zero-order chi connectivity index (χ0) is 14.5. The summed E-state index contributed by atoms with van der Waals surface area (Å²) >= 11 is 0. The summed E-state index contributed by atoms with van der Waals surface area (Å²) in [6, 6.07) is 9.86. The fourth-order valence-corrected chi connectivity index (χ4v) is 2.30. The van der Waals surface area contributed by atoms with E-state index in [9.17, 15) is 0 Å². The summed E-state index contributed by atoms with van der Waals surface area (Å²) in [5.41, 5.74) is 6.87. The van der Waals surface area contributed by atoms with Crippen molar-refractivity contribution in [1.82, 2.24) is 15.2 Å². The lowest BCUT2D eigenvalue weighted by atomic mass is 10.2. The van der Waals surface area contributed by atoms with E-state index in [0.717, 1.165) is 24.6 Å². The van der Waals surface area contributed by atoms with Crippen LogP contribution in [-0.2, 0) is 4.74 Å². The highest BCUT2D eigenvalue weighted by Crippen LogP contribution is 2.18. The van der Waals surface area contributed by atoms with Gasteiger partial charge in [0.25, 0.3) is 0 Å². The second-order valence-electron chi connectivity index (χ2n) is 4.92. The molecule has 0 amide bonds. The lowest BCUT2D eigenvalue weighted by Gasteiger charge is -2.25. The number of nitrogens with one attached hydrogen (secondary N) is 2. The van der Waals surface area contributed by atoms with Gasteiger partial charge in [-0.2, -0.15) is 4.98 Å². The molecule has 112 valence electrons. The highest BCUT2D eigenvalue weighted by molar-refractivity contribution is 5.44. The maximum Gasteiger partial charge on any atom is 0.244 e. The molecular formula is C14H20N6O. The van der Waals surface area contributed by atoms with Crippen molar-refractivity contribution in [2.45, 2.75) is 6.04 Å². The molecule has 0 bridgehead atoms. The van der Waals surface area contributed by atoms with Crippen LogP contribution in [0.2, 0.25) is 0 Å². The Labute approximate surface area is 123 Å². The molecule has 0 spiro atoms. The van der Waals surface area contributed by atoms with E-state index in [1.807, 2.05) is 30.3 Å². The molecule has 1 aliphatic rings. The number of hydrogen-bond acceptors (Lipinski definition) is 6. The summed E-state index contributed by atoms with van der Waals surface area (Å²) in [4.78, 5) is 6.67. The molecule has 7 nitrogen and oxygen atoms in total. The summed E-state index contributed by atoms with van der Waals surface area (Å²) in [7, 11) is 0. The predicted octanol–water partition coefficient (Wildman–Crippen LogP) is 0.753. The molecule has 1 aromatic heterocycles. The normalized spacial score (nSPS) is 16.7. The van der Waals surface area contributed by atoms with Crippen LogP contribution in [0, 0.1) is 0 Å². The van der Waals surface area contributed by atoms with Gasteiger partial charge in [0.15, 0.2) is 0 Å². The van der Waals surface area contributed by atoms with Crippen molar-refractivity contribution >= 4 is 11.6 Å². The highest BCUT2D eigenvalue weighted by Gasteiger charge is 2.19. The summed E-state index contributed by atoms with van der Waals surface area (Å²) < 4.78 is 5.34. The van der Waals surface area contributed by atoms with Crippen molar-refractivity contribution in [3.8, 4) is 0 Å². The van der Waals surface area contributed by atoms with Crippen LogP contribution in [-0.4, -0.2) is 48.0 Å². The molecule has 1 aliphatic heterocycles. The molecular weight excluding hydrogens is 268 g/mol. The van der Waals surface area contributed by atoms with Crippen molar-refractivity contribution < 1.29 is 4.74 Å². The summed E-state index contributed by atoms with van der Waals surface area (Å²) in [6.07, 6.45) is 0. The summed E-state index contributed by atoms with van der Waals surface area (Å²) in [5.74, 6) is 1.46. The van der Waals surface area contributed by atoms with Crippen LogP contribution in [0.5, 0.6) is 0 Å². The van der Waals surface area contributed by atoms with Gasteiger partial charge < -0.3 is 20.7 Å². The monoisotopic (exact) mass is 288 g/mol. The Bertz CT molecular complexity index is 552. The van der Waals surface area contributed by atoms with Gasteiger partial charge >= 0.3 is 0 Å². The van der Waals surface area contributed by atoms with Gasteiger partial charge in [0, 0.05) is 25.3 Å². The van der Waals surface area contributed by atoms with Crippen LogP contribution in [0.4, 0.5) is 11.6 Å². The molecule has 0 aliphatic carbocycles. The Balaban J connectivity index is 1.70. The van der Waals surface area contributed by atoms with E-state index >= 15 is 0 Å². The number of aromatic nitrogens is 3. The fraction of sp³-hybridized carbons (Fsp3) is 0.429. The van der Waals surface area contributed by atoms with Crippen molar-refractivity contribution in [2.75, 3.05) is 43.1 Å². The van der Waals surface area contributed by atoms with Crippen LogP contribution in [0.3, 0.4) is 0 Å². The van der Waals surface area contributed by atoms with Crippen LogP contribution >= 0.6 is 0 Å². The van der Waals surface area contributed by atoms with E-state index < -0.39 is 0 Å². The minimum atomic E-state index is -0.0882. The molecule has 1 unspecified atom stereocenters. The molecule has 0 saturated carbocycles. The third-order valence-corrected chi connectivity index (χ3v) is 3.47. The number of nitrogens with zero attached hydrogens (tertiary/aromatic N) is 3. The molecule has 4 N–H and O–H groups in total. The molecule has 21 heavy (non-hydrogen) atoms. The van der Waals surface area contributed by atoms with Gasteiger partial charge in [0.1, 0.15) is 5.82 Å². The smallest absolute Gasteiger partial charge is 0.244 e. The number of anilines is 2. The van der Waals surface area contributed by atoms with E-state index in [4.69, 9.17) is 10.5 Å². The molecule has 1 aromatic carbocycles. The average Bonchev–Trinajstić information content (AvgIpc) is 3.04. The van der Waals surface area contributed by atoms with Crippen LogP contribution in [0.15, 0.2) is 30.3 Å². The van der Waals surface area contributed by atoms with Crippen LogP contribution < -0.4 is 16.0 Å². The molecule has 1 fully saturated rings. The largest absolute Gasteiger partial charge is 0.378 e. The van der Waals surface area contributed by atoms with E-state index in [1.54, 1.807) is 0 Å². The third kappa shape index (κ3) is 3.32. The van der Waals surface area contributed by atoms with Gasteiger partial charge in [0.2, 0.25) is 5.95 Å². The number of rotatable bonds is 5. The number of ether oxygens (including phenoxy) is 1. The Kier molecular flexibility index (Phi) is 4.32. The summed E-state index contributed by atoms with van der Waals surface area (Å²) in [6.45, 7) is 3.50. The fourth-order valence-electron chi connectivity index (χ4n) is 2.30. The number of hydrogen-bond donors (Lipinski definition) is 3. The van der Waals surface area contributed by atoms with Gasteiger partial charge in [-0.3, -0.25) is 5.10 Å². The molecule has 1 saturated heterocycles. The molecule has 7 heteroatoms. The van der Waals surface area contributed by atoms with E-state index in [2.05, 4.69) is 25.4 Å². The quantitative estimate of drug-likeness (QED) is 0.752. The Morgan fingerprint density at radius 1 is 1.29 bits per heavy atom. The van der Waals surface area contributed by atoms with Gasteiger partial charge in [-0.15, -0.1) is 5.10 Å². The number of H-pyrrole nitrogens is 1. The van der Waals surface area contributed by atoms with Gasteiger partial charge in [-0.25, -0.2) is 0 Å². The topological polar surface area (TPSA) is 92.1 Å². The van der Waals surface area contributed by atoms with Gasteiger partial charge in [0.05, 0.1) is 19.3 Å². The maximum atomic E-state index is 5.86. The minimum Gasteiger partial charge on any atom is -0.378 e. The Morgan fingerprint density at radius 3 is 2.76 bits per heavy atom. The number of nitrogens with two attached hydrogens (primary N) is 1. The first-order valence-corrected chi connectivity index (χ1v) is 7.13. The third-order valence-electron chi connectivity index (χ3n) is 3.47. The molecule has 1 atom stereocenters. The number of benzene rings is 1. The number of para-hydroxylation sites is 1. The SMILES string of the molecule is NCC(Nc1ccccc1)c1nc(N2CCOCC2)n[nH]1. The summed E-state index contributed by atoms with van der Waals surface area (Å²) in [5, 5.41) is 10.6. The van der Waals surface area contributed by atoms with Crippen LogP contribution in [0.1, 0.15) is 11.9 Å². The van der Waals surface area contributed by atoms with Crippen molar-refractivity contribution in [3.05, 3.63) is 36.2 Å². The van der Waals surface area contributed by atoms with E-state index in [0.29, 0.717) is 25.7 Å². The zero-order valence-corrected chi connectivity index (χ0v) is 11.8. The van der Waals surface area contributed by atoms with Crippen molar-refractivity contribution in [2.24, 2.45) is 5.73 Å². The highest BCUT2D eigenvalue weighted by atomic mass is 16.5. The predicted molar refractivity (Wildman–Crippen MR) is 81.3 cm³/mol. The second kappa shape index (κ2) is 6.55.